The van der Waals surface area contributed by atoms with Crippen LogP contribution in [0, 0.1) is 5.92 Å². The van der Waals surface area contributed by atoms with Gasteiger partial charge in [0.1, 0.15) is 0 Å². The normalized spacial score (nSPS) is 13.7. The Bertz CT molecular complexity index is 132. The van der Waals surface area contributed by atoms with E-state index in [1.54, 1.807) is 0 Å². The summed E-state index contributed by atoms with van der Waals surface area (Å²) in [6.07, 6.45) is 3.14. The monoisotopic (exact) mass is 184 g/mol. The van der Waals surface area contributed by atoms with Gasteiger partial charge >= 0.3 is 0 Å². The third kappa shape index (κ3) is 4.44. The zero-order chi connectivity index (χ0) is 10.3. The zero-order valence-corrected chi connectivity index (χ0v) is 9.29. The second-order valence-corrected chi connectivity index (χ2v) is 3.83. The minimum absolute atomic E-state index is 0.498. The Morgan fingerprint density at radius 3 is 2.38 bits per heavy atom. The summed E-state index contributed by atoms with van der Waals surface area (Å²) in [4.78, 5) is 2.41. The van der Waals surface area contributed by atoms with E-state index >= 15 is 0 Å². The van der Waals surface area contributed by atoms with Crippen LogP contribution in [0.4, 0.5) is 0 Å². The van der Waals surface area contributed by atoms with Gasteiger partial charge in [-0.2, -0.15) is 0 Å². The van der Waals surface area contributed by atoms with Crippen molar-refractivity contribution in [3.8, 4) is 0 Å². The summed E-state index contributed by atoms with van der Waals surface area (Å²) in [6, 6.07) is 0.498. The van der Waals surface area contributed by atoms with Gasteiger partial charge in [-0.3, -0.25) is 4.90 Å². The molecule has 0 bridgehead atoms. The summed E-state index contributed by atoms with van der Waals surface area (Å²) >= 11 is 0. The molecule has 0 fully saturated rings. The third-order valence-corrected chi connectivity index (χ3v) is 2.35. The van der Waals surface area contributed by atoms with Crippen molar-refractivity contribution in [2.24, 2.45) is 11.7 Å². The van der Waals surface area contributed by atoms with Crippen molar-refractivity contribution < 1.29 is 0 Å². The Morgan fingerprint density at radius 1 is 1.46 bits per heavy atom. The van der Waals surface area contributed by atoms with Crippen molar-refractivity contribution in [3.05, 3.63) is 12.7 Å². The minimum Gasteiger partial charge on any atom is -0.329 e. The minimum atomic E-state index is 0.498. The first-order valence-electron chi connectivity index (χ1n) is 5.22. The second kappa shape index (κ2) is 7.10. The van der Waals surface area contributed by atoms with Crippen molar-refractivity contribution >= 4 is 0 Å². The first-order chi connectivity index (χ1) is 6.17. The molecular formula is C11H24N2. The molecule has 1 atom stereocenters. The Kier molecular flexibility index (Phi) is 6.92. The van der Waals surface area contributed by atoms with E-state index in [-0.39, 0.29) is 0 Å². The van der Waals surface area contributed by atoms with E-state index in [0.29, 0.717) is 12.0 Å². The van der Waals surface area contributed by atoms with Gasteiger partial charge in [0.05, 0.1) is 0 Å². The molecule has 2 heteroatoms. The molecule has 0 heterocycles. The van der Waals surface area contributed by atoms with Crippen molar-refractivity contribution in [1.29, 1.82) is 0 Å². The Balaban J connectivity index is 4.19. The highest BCUT2D eigenvalue weighted by molar-refractivity contribution is 4.81. The van der Waals surface area contributed by atoms with Gasteiger partial charge in [0, 0.05) is 19.1 Å². The molecule has 0 rings (SSSR count). The summed E-state index contributed by atoms with van der Waals surface area (Å²) in [5.74, 6) is 0.622. The smallest absolute Gasteiger partial charge is 0.0244 e. The Labute approximate surface area is 82.8 Å². The topological polar surface area (TPSA) is 29.3 Å². The van der Waals surface area contributed by atoms with Crippen LogP contribution in [0.1, 0.15) is 27.2 Å². The molecule has 0 aliphatic heterocycles. The number of nitrogens with zero attached hydrogens (tertiary/aromatic N) is 1. The fourth-order valence-electron chi connectivity index (χ4n) is 1.69. The molecule has 0 aromatic carbocycles. The standard InChI is InChI=1S/C11H24N2/c1-5-7-13(8-6-2)11(9-12)10(3)4/h5,10-11H,1,6-9,12H2,2-4H3. The highest BCUT2D eigenvalue weighted by atomic mass is 15.2. The lowest BCUT2D eigenvalue weighted by atomic mass is 10.0. The molecule has 0 saturated heterocycles. The van der Waals surface area contributed by atoms with E-state index in [1.165, 1.54) is 6.42 Å². The average Bonchev–Trinajstić information content (AvgIpc) is 2.05. The fourth-order valence-corrected chi connectivity index (χ4v) is 1.69. The molecule has 0 aliphatic rings. The molecule has 2 nitrogen and oxygen atoms in total. The summed E-state index contributed by atoms with van der Waals surface area (Å²) in [6.45, 7) is 13.2. The summed E-state index contributed by atoms with van der Waals surface area (Å²) < 4.78 is 0. The molecule has 0 saturated carbocycles. The fraction of sp³-hybridized carbons (Fsp3) is 0.818. The van der Waals surface area contributed by atoms with Gasteiger partial charge in [0.25, 0.3) is 0 Å². The van der Waals surface area contributed by atoms with Gasteiger partial charge < -0.3 is 5.73 Å². The van der Waals surface area contributed by atoms with Gasteiger partial charge in [-0.1, -0.05) is 26.8 Å². The van der Waals surface area contributed by atoms with Crippen LogP contribution in [0.25, 0.3) is 0 Å². The summed E-state index contributed by atoms with van der Waals surface area (Å²) in [5.41, 5.74) is 5.76. The van der Waals surface area contributed by atoms with Gasteiger partial charge in [-0.05, 0) is 18.9 Å². The lowest BCUT2D eigenvalue weighted by molar-refractivity contribution is 0.177. The highest BCUT2D eigenvalue weighted by Gasteiger charge is 2.18. The second-order valence-electron chi connectivity index (χ2n) is 3.83. The number of nitrogens with two attached hydrogens (primary N) is 1. The molecule has 13 heavy (non-hydrogen) atoms. The van der Waals surface area contributed by atoms with Crippen LogP contribution in [0.15, 0.2) is 12.7 Å². The molecule has 1 unspecified atom stereocenters. The lowest BCUT2D eigenvalue weighted by Gasteiger charge is -2.32. The van der Waals surface area contributed by atoms with Crippen LogP contribution >= 0.6 is 0 Å². The van der Waals surface area contributed by atoms with Crippen LogP contribution in [-0.2, 0) is 0 Å². The maximum Gasteiger partial charge on any atom is 0.0244 e. The predicted molar refractivity (Wildman–Crippen MR) is 59.7 cm³/mol. The van der Waals surface area contributed by atoms with E-state index in [9.17, 15) is 0 Å². The van der Waals surface area contributed by atoms with E-state index in [0.717, 1.165) is 19.6 Å². The molecule has 0 spiro atoms. The molecule has 2 N–H and O–H groups in total. The summed E-state index contributed by atoms with van der Waals surface area (Å²) in [7, 11) is 0. The number of hydrogen-bond acceptors (Lipinski definition) is 2. The number of rotatable bonds is 7. The van der Waals surface area contributed by atoms with Gasteiger partial charge in [-0.25, -0.2) is 0 Å². The van der Waals surface area contributed by atoms with Crippen molar-refractivity contribution in [2.45, 2.75) is 33.2 Å². The molecule has 0 aromatic rings. The summed E-state index contributed by atoms with van der Waals surface area (Å²) in [5, 5.41) is 0. The van der Waals surface area contributed by atoms with E-state index in [1.807, 2.05) is 6.08 Å². The van der Waals surface area contributed by atoms with Gasteiger partial charge in [0.2, 0.25) is 0 Å². The molecule has 0 aromatic heterocycles. The maximum absolute atomic E-state index is 5.76. The average molecular weight is 184 g/mol. The first kappa shape index (κ1) is 12.7. The quantitative estimate of drug-likeness (QED) is 0.612. The molecule has 78 valence electrons. The Morgan fingerprint density at radius 2 is 2.08 bits per heavy atom. The largest absolute Gasteiger partial charge is 0.329 e. The van der Waals surface area contributed by atoms with E-state index in [2.05, 4.69) is 32.3 Å². The third-order valence-electron chi connectivity index (χ3n) is 2.35. The zero-order valence-electron chi connectivity index (χ0n) is 9.29. The van der Waals surface area contributed by atoms with Crippen LogP contribution in [0.3, 0.4) is 0 Å². The van der Waals surface area contributed by atoms with Crippen LogP contribution in [0.2, 0.25) is 0 Å². The van der Waals surface area contributed by atoms with Crippen molar-refractivity contribution in [1.82, 2.24) is 4.90 Å². The predicted octanol–water partition coefficient (Wildman–Crippen LogP) is 1.87. The molecule has 0 radical (unpaired) electrons. The van der Waals surface area contributed by atoms with Crippen LogP contribution in [0.5, 0.6) is 0 Å². The van der Waals surface area contributed by atoms with E-state index < -0.39 is 0 Å². The Hall–Kier alpha value is -0.340. The van der Waals surface area contributed by atoms with Crippen LogP contribution < -0.4 is 5.73 Å². The van der Waals surface area contributed by atoms with Gasteiger partial charge in [-0.15, -0.1) is 6.58 Å². The van der Waals surface area contributed by atoms with E-state index in [4.69, 9.17) is 5.73 Å². The first-order valence-corrected chi connectivity index (χ1v) is 5.22. The molecule has 0 aliphatic carbocycles. The number of hydrogen-bond donors (Lipinski definition) is 1. The lowest BCUT2D eigenvalue weighted by Crippen LogP contribution is -2.44. The van der Waals surface area contributed by atoms with Crippen LogP contribution in [-0.4, -0.2) is 30.6 Å². The molecular weight excluding hydrogens is 160 g/mol. The highest BCUT2D eigenvalue weighted by Crippen LogP contribution is 2.09. The van der Waals surface area contributed by atoms with Gasteiger partial charge in [0.15, 0.2) is 0 Å². The molecule has 0 amide bonds. The van der Waals surface area contributed by atoms with Crippen molar-refractivity contribution in [2.75, 3.05) is 19.6 Å². The maximum atomic E-state index is 5.76. The van der Waals surface area contributed by atoms with Crippen molar-refractivity contribution in [3.63, 3.8) is 0 Å². The SMILES string of the molecule is C=CCN(CCC)C(CN)C(C)C.